The van der Waals surface area contributed by atoms with Crippen molar-refractivity contribution in [1.29, 1.82) is 0 Å². The zero-order chi connectivity index (χ0) is 11.7. The van der Waals surface area contributed by atoms with Crippen LogP contribution in [0.3, 0.4) is 0 Å². The first-order valence-electron chi connectivity index (χ1n) is 6.43. The highest BCUT2D eigenvalue weighted by atomic mass is 15.2. The largest absolute Gasteiger partial charge is 0.361 e. The van der Waals surface area contributed by atoms with E-state index in [-0.39, 0.29) is 0 Å². The summed E-state index contributed by atoms with van der Waals surface area (Å²) in [4.78, 5) is 7.17. The summed E-state index contributed by atoms with van der Waals surface area (Å²) in [6.07, 6.45) is 3.52. The van der Waals surface area contributed by atoms with E-state index < -0.39 is 0 Å². The Bertz CT molecular complexity index is 173. The van der Waals surface area contributed by atoms with Crippen molar-refractivity contribution in [3.8, 4) is 0 Å². The van der Waals surface area contributed by atoms with Gasteiger partial charge in [0.15, 0.2) is 0 Å². The molecular formula is C13H28N2. The minimum absolute atomic E-state index is 0.664. The molecule has 2 heteroatoms. The predicted octanol–water partition coefficient (Wildman–Crippen LogP) is 3.57. The van der Waals surface area contributed by atoms with Gasteiger partial charge in [0, 0.05) is 26.1 Å². The standard InChI is InChI=1S/C13H28N2/c1-6-9-13(14-11-12(4)5)15(8-3)10-7-2/h12H,6-11H2,1-5H3. The van der Waals surface area contributed by atoms with Gasteiger partial charge in [-0.25, -0.2) is 0 Å². The van der Waals surface area contributed by atoms with Gasteiger partial charge in [0.25, 0.3) is 0 Å². The van der Waals surface area contributed by atoms with Crippen molar-refractivity contribution in [1.82, 2.24) is 4.90 Å². The Morgan fingerprint density at radius 2 is 1.80 bits per heavy atom. The van der Waals surface area contributed by atoms with Gasteiger partial charge < -0.3 is 4.90 Å². The zero-order valence-electron chi connectivity index (χ0n) is 11.2. The summed E-state index contributed by atoms with van der Waals surface area (Å²) in [6, 6.07) is 0. The quantitative estimate of drug-likeness (QED) is 0.465. The summed E-state index contributed by atoms with van der Waals surface area (Å²) in [5.41, 5.74) is 0. The normalized spacial score (nSPS) is 12.3. The van der Waals surface area contributed by atoms with Crippen LogP contribution in [0.4, 0.5) is 0 Å². The van der Waals surface area contributed by atoms with E-state index in [1.165, 1.54) is 18.7 Å². The Morgan fingerprint density at radius 1 is 1.13 bits per heavy atom. The highest BCUT2D eigenvalue weighted by Gasteiger charge is 2.07. The molecule has 0 aliphatic carbocycles. The van der Waals surface area contributed by atoms with Gasteiger partial charge in [-0.15, -0.1) is 0 Å². The van der Waals surface area contributed by atoms with E-state index >= 15 is 0 Å². The molecule has 0 aromatic carbocycles. The van der Waals surface area contributed by atoms with Crippen molar-refractivity contribution in [3.63, 3.8) is 0 Å². The Kier molecular flexibility index (Phi) is 8.44. The fourth-order valence-electron chi connectivity index (χ4n) is 1.59. The molecule has 0 radical (unpaired) electrons. The Morgan fingerprint density at radius 3 is 2.20 bits per heavy atom. The molecular weight excluding hydrogens is 184 g/mol. The highest BCUT2D eigenvalue weighted by Crippen LogP contribution is 2.03. The van der Waals surface area contributed by atoms with Gasteiger partial charge >= 0.3 is 0 Å². The van der Waals surface area contributed by atoms with Crippen molar-refractivity contribution >= 4 is 5.84 Å². The molecule has 0 fully saturated rings. The average molecular weight is 212 g/mol. The average Bonchev–Trinajstić information content (AvgIpc) is 2.21. The lowest BCUT2D eigenvalue weighted by atomic mass is 10.2. The molecule has 0 saturated carbocycles. The van der Waals surface area contributed by atoms with Crippen LogP contribution >= 0.6 is 0 Å². The molecule has 0 spiro atoms. The molecule has 0 unspecified atom stereocenters. The molecule has 0 bridgehead atoms. The summed E-state index contributed by atoms with van der Waals surface area (Å²) in [5.74, 6) is 1.98. The third-order valence-electron chi connectivity index (χ3n) is 2.35. The maximum absolute atomic E-state index is 4.75. The van der Waals surface area contributed by atoms with E-state index in [1.807, 2.05) is 0 Å². The van der Waals surface area contributed by atoms with Crippen LogP contribution in [0.15, 0.2) is 4.99 Å². The fraction of sp³-hybridized carbons (Fsp3) is 0.923. The molecule has 0 aromatic heterocycles. The van der Waals surface area contributed by atoms with Crippen LogP contribution in [-0.2, 0) is 0 Å². The Labute approximate surface area is 95.8 Å². The third kappa shape index (κ3) is 6.53. The smallest absolute Gasteiger partial charge is 0.0988 e. The summed E-state index contributed by atoms with van der Waals surface area (Å²) in [6.45, 7) is 14.3. The molecule has 0 atom stereocenters. The van der Waals surface area contributed by atoms with Gasteiger partial charge in [-0.1, -0.05) is 27.7 Å². The second-order valence-corrected chi connectivity index (χ2v) is 4.48. The second kappa shape index (κ2) is 8.75. The van der Waals surface area contributed by atoms with Crippen molar-refractivity contribution in [2.75, 3.05) is 19.6 Å². The fourth-order valence-corrected chi connectivity index (χ4v) is 1.59. The van der Waals surface area contributed by atoms with Crippen molar-refractivity contribution < 1.29 is 0 Å². The number of nitrogens with zero attached hydrogens (tertiary/aromatic N) is 2. The van der Waals surface area contributed by atoms with E-state index in [1.54, 1.807) is 0 Å². The third-order valence-corrected chi connectivity index (χ3v) is 2.35. The van der Waals surface area contributed by atoms with Crippen molar-refractivity contribution in [2.24, 2.45) is 10.9 Å². The van der Waals surface area contributed by atoms with Crippen molar-refractivity contribution in [3.05, 3.63) is 0 Å². The summed E-state index contributed by atoms with van der Waals surface area (Å²) >= 11 is 0. The highest BCUT2D eigenvalue weighted by molar-refractivity contribution is 5.82. The van der Waals surface area contributed by atoms with E-state index in [9.17, 15) is 0 Å². The Balaban J connectivity index is 4.38. The van der Waals surface area contributed by atoms with Crippen molar-refractivity contribution in [2.45, 2.75) is 53.9 Å². The Hall–Kier alpha value is -0.530. The first-order valence-corrected chi connectivity index (χ1v) is 6.43. The van der Waals surface area contributed by atoms with Gasteiger partial charge in [-0.3, -0.25) is 4.99 Å². The van der Waals surface area contributed by atoms with E-state index in [0.29, 0.717) is 5.92 Å². The van der Waals surface area contributed by atoms with Gasteiger partial charge in [0.05, 0.1) is 5.84 Å². The van der Waals surface area contributed by atoms with E-state index in [2.05, 4.69) is 39.5 Å². The molecule has 0 N–H and O–H groups in total. The molecule has 0 aromatic rings. The lowest BCUT2D eigenvalue weighted by Crippen LogP contribution is -2.32. The number of hydrogen-bond donors (Lipinski definition) is 0. The summed E-state index contributed by atoms with van der Waals surface area (Å²) < 4.78 is 0. The number of amidine groups is 1. The number of rotatable bonds is 7. The monoisotopic (exact) mass is 212 g/mol. The molecule has 2 nitrogen and oxygen atoms in total. The maximum atomic E-state index is 4.75. The number of hydrogen-bond acceptors (Lipinski definition) is 1. The minimum Gasteiger partial charge on any atom is -0.361 e. The molecule has 0 heterocycles. The summed E-state index contributed by atoms with van der Waals surface area (Å²) in [5, 5.41) is 0. The van der Waals surface area contributed by atoms with Gasteiger partial charge in [-0.05, 0) is 25.7 Å². The van der Waals surface area contributed by atoms with Gasteiger partial charge in [-0.2, -0.15) is 0 Å². The van der Waals surface area contributed by atoms with Gasteiger partial charge in [0.2, 0.25) is 0 Å². The van der Waals surface area contributed by atoms with Crippen LogP contribution in [-0.4, -0.2) is 30.4 Å². The summed E-state index contributed by atoms with van der Waals surface area (Å²) in [7, 11) is 0. The molecule has 90 valence electrons. The minimum atomic E-state index is 0.664. The van der Waals surface area contributed by atoms with E-state index in [4.69, 9.17) is 4.99 Å². The van der Waals surface area contributed by atoms with E-state index in [0.717, 1.165) is 26.1 Å². The molecule has 0 rings (SSSR count). The topological polar surface area (TPSA) is 15.6 Å². The van der Waals surface area contributed by atoms with Crippen LogP contribution < -0.4 is 0 Å². The molecule has 0 aliphatic heterocycles. The first-order chi connectivity index (χ1) is 7.15. The SMILES string of the molecule is CCCC(=NCC(C)C)N(CC)CCC. The van der Waals surface area contributed by atoms with Gasteiger partial charge in [0.1, 0.15) is 0 Å². The second-order valence-electron chi connectivity index (χ2n) is 4.48. The molecule has 0 aliphatic rings. The van der Waals surface area contributed by atoms with Crippen LogP contribution in [0.1, 0.15) is 53.9 Å². The molecule has 0 saturated heterocycles. The predicted molar refractivity (Wildman–Crippen MR) is 69.6 cm³/mol. The van der Waals surface area contributed by atoms with Crippen LogP contribution in [0.5, 0.6) is 0 Å². The lowest BCUT2D eigenvalue weighted by molar-refractivity contribution is 0.426. The molecule has 0 amide bonds. The molecule has 15 heavy (non-hydrogen) atoms. The maximum Gasteiger partial charge on any atom is 0.0988 e. The zero-order valence-corrected chi connectivity index (χ0v) is 11.2. The first kappa shape index (κ1) is 14.5. The number of aliphatic imine (C=N–C) groups is 1. The van der Waals surface area contributed by atoms with Crippen LogP contribution in [0.25, 0.3) is 0 Å². The van der Waals surface area contributed by atoms with Crippen LogP contribution in [0.2, 0.25) is 0 Å². The van der Waals surface area contributed by atoms with Crippen LogP contribution in [0, 0.1) is 5.92 Å². The lowest BCUT2D eigenvalue weighted by Gasteiger charge is -2.24.